The largest absolute Gasteiger partial charge is 0.472 e. The highest BCUT2D eigenvalue weighted by molar-refractivity contribution is 7.47. The molecule has 0 aliphatic rings. The molecular weight excluding hydrogens is 1100 g/mol. The van der Waals surface area contributed by atoms with Gasteiger partial charge in [-0.05, 0) is 96.3 Å². The number of ether oxygens (including phenoxy) is 2. The van der Waals surface area contributed by atoms with Crippen molar-refractivity contribution >= 4 is 19.8 Å². The number of phosphoric acid groups is 1. The number of carbonyl (C=O) groups excluding carboxylic acids is 2. The highest BCUT2D eigenvalue weighted by atomic mass is 31.2. The molecule has 0 amide bonds. The summed E-state index contributed by atoms with van der Waals surface area (Å²) < 4.78 is 33.2. The Kier molecular flexibility index (Phi) is 69.5. The van der Waals surface area contributed by atoms with Crippen LogP contribution < -0.4 is 5.73 Å². The molecule has 87 heavy (non-hydrogen) atoms. The second kappa shape index (κ2) is 72.0. The molecule has 2 unspecified atom stereocenters. The van der Waals surface area contributed by atoms with Crippen LogP contribution in [0.5, 0.6) is 0 Å². The van der Waals surface area contributed by atoms with Gasteiger partial charge < -0.3 is 20.1 Å². The molecule has 10 heteroatoms. The van der Waals surface area contributed by atoms with E-state index in [4.69, 9.17) is 24.3 Å². The number of rotatable bonds is 69. The summed E-state index contributed by atoms with van der Waals surface area (Å²) in [6.45, 7) is 3.65. The van der Waals surface area contributed by atoms with Crippen LogP contribution in [0, 0.1) is 0 Å². The Morgan fingerprint density at radius 2 is 0.632 bits per heavy atom. The molecule has 3 N–H and O–H groups in total. The summed E-state index contributed by atoms with van der Waals surface area (Å²) in [4.78, 5) is 35.4. The van der Waals surface area contributed by atoms with Gasteiger partial charge in [0.2, 0.25) is 0 Å². The Morgan fingerprint density at radius 3 is 0.943 bits per heavy atom. The molecule has 9 nitrogen and oxygen atoms in total. The van der Waals surface area contributed by atoms with E-state index in [2.05, 4.69) is 111 Å². The summed E-state index contributed by atoms with van der Waals surface area (Å²) in [5.41, 5.74) is 5.40. The molecule has 0 spiro atoms. The van der Waals surface area contributed by atoms with Crippen molar-refractivity contribution in [3.05, 3.63) is 97.2 Å². The topological polar surface area (TPSA) is 134 Å². The number of esters is 2. The van der Waals surface area contributed by atoms with Crippen molar-refractivity contribution in [1.29, 1.82) is 0 Å². The quantitative estimate of drug-likeness (QED) is 0.0264. The maximum absolute atomic E-state index is 12.8. The number of carbonyl (C=O) groups is 2. The number of hydrogen-bond acceptors (Lipinski definition) is 8. The second-order valence-electron chi connectivity index (χ2n) is 24.4. The van der Waals surface area contributed by atoms with E-state index in [1.807, 2.05) is 0 Å². The minimum absolute atomic E-state index is 0.0493. The Hall–Kier alpha value is -3.07. The van der Waals surface area contributed by atoms with Crippen molar-refractivity contribution in [3.63, 3.8) is 0 Å². The molecule has 0 aromatic heterocycles. The predicted octanol–water partition coefficient (Wildman–Crippen LogP) is 24.3. The summed E-state index contributed by atoms with van der Waals surface area (Å²) >= 11 is 0. The highest BCUT2D eigenvalue weighted by Crippen LogP contribution is 2.43. The number of nitrogens with two attached hydrogens (primary N) is 1. The fraction of sp³-hybridized carbons (Fsp3) is 0.766. The Balaban J connectivity index is 3.82. The van der Waals surface area contributed by atoms with E-state index in [1.165, 1.54) is 225 Å². The van der Waals surface area contributed by atoms with Crippen molar-refractivity contribution in [2.45, 2.75) is 354 Å². The van der Waals surface area contributed by atoms with Crippen molar-refractivity contribution in [1.82, 2.24) is 0 Å². The first kappa shape index (κ1) is 83.9. The van der Waals surface area contributed by atoms with Gasteiger partial charge in [0.1, 0.15) is 6.61 Å². The molecule has 504 valence electrons. The second-order valence-corrected chi connectivity index (χ2v) is 25.9. The first-order valence-corrected chi connectivity index (χ1v) is 38.2. The summed E-state index contributed by atoms with van der Waals surface area (Å²) in [6, 6.07) is 0. The zero-order valence-electron chi connectivity index (χ0n) is 56.7. The summed E-state index contributed by atoms with van der Waals surface area (Å²) in [5, 5.41) is 0. The fourth-order valence-electron chi connectivity index (χ4n) is 10.6. The Labute approximate surface area is 537 Å². The van der Waals surface area contributed by atoms with Gasteiger partial charge in [0, 0.05) is 19.4 Å². The first-order valence-electron chi connectivity index (χ1n) is 36.7. The maximum Gasteiger partial charge on any atom is 0.472 e. The molecular formula is C77H138NO8P. The van der Waals surface area contributed by atoms with Gasteiger partial charge in [0.25, 0.3) is 0 Å². The third-order valence-corrected chi connectivity index (χ3v) is 16.9. The zero-order valence-corrected chi connectivity index (χ0v) is 57.6. The molecule has 0 aromatic carbocycles. The SMILES string of the molecule is CC/C=C\C/C=C\C/C=C\C/C=C\C/C=C\C/C=C\CCCCCCCCCCC(=O)OC(COC(=O)CCCCCCCCCCCCCCCCCCCCCCCCCCCCC/C=C\C/C=C\CCCCCCC)COP(=O)(O)OCCN. The number of unbranched alkanes of at least 4 members (excludes halogenated alkanes) is 40. The van der Waals surface area contributed by atoms with Crippen LogP contribution in [-0.4, -0.2) is 49.3 Å². The van der Waals surface area contributed by atoms with Crippen LogP contribution in [-0.2, 0) is 32.7 Å². The van der Waals surface area contributed by atoms with Crippen molar-refractivity contribution in [2.24, 2.45) is 5.73 Å². The van der Waals surface area contributed by atoms with E-state index in [1.54, 1.807) is 0 Å². The van der Waals surface area contributed by atoms with E-state index in [9.17, 15) is 19.0 Å². The van der Waals surface area contributed by atoms with Crippen LogP contribution >= 0.6 is 7.82 Å². The van der Waals surface area contributed by atoms with Gasteiger partial charge in [-0.25, -0.2) is 4.57 Å². The molecule has 0 fully saturated rings. The molecule has 0 radical (unpaired) electrons. The van der Waals surface area contributed by atoms with Crippen LogP contribution in [0.15, 0.2) is 97.2 Å². The van der Waals surface area contributed by atoms with E-state index < -0.39 is 26.5 Å². The van der Waals surface area contributed by atoms with Gasteiger partial charge in [-0.3, -0.25) is 18.6 Å². The molecule has 0 aromatic rings. The number of phosphoric ester groups is 1. The van der Waals surface area contributed by atoms with Gasteiger partial charge >= 0.3 is 19.8 Å². The van der Waals surface area contributed by atoms with Crippen molar-refractivity contribution < 1.29 is 37.6 Å². The Bertz CT molecular complexity index is 1750. The lowest BCUT2D eigenvalue weighted by molar-refractivity contribution is -0.161. The summed E-state index contributed by atoms with van der Waals surface area (Å²) in [6.07, 6.45) is 98.1. The van der Waals surface area contributed by atoms with E-state index in [-0.39, 0.29) is 38.6 Å². The van der Waals surface area contributed by atoms with Gasteiger partial charge in [-0.1, -0.05) is 336 Å². The molecule has 0 heterocycles. The fourth-order valence-corrected chi connectivity index (χ4v) is 11.3. The molecule has 0 saturated heterocycles. The summed E-state index contributed by atoms with van der Waals surface area (Å²) in [7, 11) is -4.40. The minimum Gasteiger partial charge on any atom is -0.462 e. The molecule has 0 aliphatic heterocycles. The molecule has 2 atom stereocenters. The monoisotopic (exact) mass is 1240 g/mol. The van der Waals surface area contributed by atoms with E-state index in [0.717, 1.165) is 89.9 Å². The van der Waals surface area contributed by atoms with Crippen LogP contribution in [0.25, 0.3) is 0 Å². The maximum atomic E-state index is 12.8. The van der Waals surface area contributed by atoms with Crippen LogP contribution in [0.4, 0.5) is 0 Å². The third-order valence-electron chi connectivity index (χ3n) is 16.0. The smallest absolute Gasteiger partial charge is 0.462 e. The summed E-state index contributed by atoms with van der Waals surface area (Å²) in [5.74, 6) is -0.828. The molecule has 0 bridgehead atoms. The van der Waals surface area contributed by atoms with Gasteiger partial charge in [-0.15, -0.1) is 0 Å². The normalized spacial score (nSPS) is 13.5. The van der Waals surface area contributed by atoms with E-state index in [0.29, 0.717) is 6.42 Å². The molecule has 0 rings (SSSR count). The van der Waals surface area contributed by atoms with Crippen LogP contribution in [0.1, 0.15) is 348 Å². The van der Waals surface area contributed by atoms with Crippen LogP contribution in [0.2, 0.25) is 0 Å². The lowest BCUT2D eigenvalue weighted by atomic mass is 10.0. The van der Waals surface area contributed by atoms with Gasteiger partial charge in [0.05, 0.1) is 13.2 Å². The lowest BCUT2D eigenvalue weighted by Gasteiger charge is -2.19. The molecule has 0 aliphatic carbocycles. The predicted molar refractivity (Wildman–Crippen MR) is 376 cm³/mol. The third kappa shape index (κ3) is 71.9. The first-order chi connectivity index (χ1) is 42.8. The minimum atomic E-state index is -4.40. The van der Waals surface area contributed by atoms with Gasteiger partial charge in [-0.2, -0.15) is 0 Å². The molecule has 0 saturated carbocycles. The van der Waals surface area contributed by atoms with Crippen molar-refractivity contribution in [2.75, 3.05) is 26.4 Å². The Morgan fingerprint density at radius 1 is 0.356 bits per heavy atom. The van der Waals surface area contributed by atoms with Crippen LogP contribution in [0.3, 0.4) is 0 Å². The average Bonchev–Trinajstić information content (AvgIpc) is 3.62. The van der Waals surface area contributed by atoms with E-state index >= 15 is 0 Å². The highest BCUT2D eigenvalue weighted by Gasteiger charge is 2.26. The van der Waals surface area contributed by atoms with Crippen molar-refractivity contribution in [3.8, 4) is 0 Å². The average molecular weight is 1240 g/mol. The number of allylic oxidation sites excluding steroid dienone is 16. The number of hydrogen-bond donors (Lipinski definition) is 2. The van der Waals surface area contributed by atoms with Gasteiger partial charge in [0.15, 0.2) is 6.10 Å². The zero-order chi connectivity index (χ0) is 63.0. The standard InChI is InChI=1S/C77H138NO8P/c1-3-5-7-9-11-13-15-17-19-21-23-25-27-29-31-32-33-34-35-36-37-38-39-40-41-42-44-45-47-49-51-53-55-57-59-61-63-65-67-69-76(79)83-73-75(74-85-87(81,82)84-72-71-78)86-77(80)70-68-66-64-62-60-58-56-54-52-50-48-46-43-30-28-26-24-22-20-18-16-14-12-10-8-6-4-2/h6,8,12,14-15,17-18,20-21,23-24,26,30,43,48,50,75H,3-5,7,9-11,13,16,19,22,25,27-29,31-42,44-47,49,51-74,78H2,1-2H3,(H,81,82)/b8-6-,14-12-,17-15-,20-18-,23-21-,26-24-,43-30-,50-48-. The lowest BCUT2D eigenvalue weighted by Crippen LogP contribution is -2.29.